The smallest absolute Gasteiger partial charge is 0.228 e. The summed E-state index contributed by atoms with van der Waals surface area (Å²) >= 11 is 0. The number of rotatable bonds is 2. The lowest BCUT2D eigenvalue weighted by Crippen LogP contribution is -2.50. The van der Waals surface area contributed by atoms with E-state index < -0.39 is 0 Å². The molecule has 0 radical (unpaired) electrons. The molecule has 3 nitrogen and oxygen atoms in total. The highest BCUT2D eigenvalue weighted by atomic mass is 16.2. The largest absolute Gasteiger partial charge is 0.341 e. The van der Waals surface area contributed by atoms with Crippen LogP contribution in [-0.2, 0) is 9.59 Å². The Kier molecular flexibility index (Phi) is 4.08. The predicted molar refractivity (Wildman–Crippen MR) is 71.2 cm³/mol. The van der Waals surface area contributed by atoms with Crippen LogP contribution in [-0.4, -0.2) is 29.7 Å². The molecule has 2 fully saturated rings. The number of carbonyl (C=O) groups excluding carboxylic acids is 2. The lowest BCUT2D eigenvalue weighted by molar-refractivity contribution is -0.147. The van der Waals surface area contributed by atoms with Crippen molar-refractivity contribution >= 4 is 11.7 Å². The monoisotopic (exact) mass is 251 g/mol. The molecule has 1 amide bonds. The van der Waals surface area contributed by atoms with Crippen LogP contribution in [0.3, 0.4) is 0 Å². The van der Waals surface area contributed by atoms with Crippen LogP contribution in [0.1, 0.15) is 58.8 Å². The van der Waals surface area contributed by atoms with E-state index in [0.717, 1.165) is 19.3 Å². The van der Waals surface area contributed by atoms with Gasteiger partial charge in [0.05, 0.1) is 0 Å². The molecule has 0 aromatic rings. The third kappa shape index (κ3) is 2.60. The van der Waals surface area contributed by atoms with E-state index in [1.54, 1.807) is 0 Å². The van der Waals surface area contributed by atoms with Crippen molar-refractivity contribution in [2.24, 2.45) is 11.3 Å². The van der Waals surface area contributed by atoms with Crippen LogP contribution in [0.25, 0.3) is 0 Å². The highest BCUT2D eigenvalue weighted by molar-refractivity contribution is 5.87. The van der Waals surface area contributed by atoms with Gasteiger partial charge in [0, 0.05) is 30.8 Å². The van der Waals surface area contributed by atoms with Gasteiger partial charge >= 0.3 is 0 Å². The van der Waals surface area contributed by atoms with Gasteiger partial charge < -0.3 is 4.90 Å². The first kappa shape index (κ1) is 13.6. The maximum Gasteiger partial charge on any atom is 0.228 e. The molecule has 1 unspecified atom stereocenters. The van der Waals surface area contributed by atoms with Crippen molar-refractivity contribution in [3.63, 3.8) is 0 Å². The van der Waals surface area contributed by atoms with Crippen molar-refractivity contribution in [3.05, 3.63) is 0 Å². The highest BCUT2D eigenvalue weighted by Gasteiger charge is 2.39. The van der Waals surface area contributed by atoms with Crippen molar-refractivity contribution < 1.29 is 9.59 Å². The van der Waals surface area contributed by atoms with Crippen LogP contribution >= 0.6 is 0 Å². The number of hydrogen-bond donors (Lipinski definition) is 0. The molecule has 2 aliphatic rings. The Morgan fingerprint density at radius 2 is 2.00 bits per heavy atom. The van der Waals surface area contributed by atoms with E-state index >= 15 is 0 Å². The second-order valence-electron chi connectivity index (χ2n) is 6.19. The molecular weight excluding hydrogens is 226 g/mol. The number of likely N-dealkylation sites (tertiary alicyclic amines) is 1. The molecule has 1 saturated carbocycles. The zero-order chi connectivity index (χ0) is 13.2. The quantitative estimate of drug-likeness (QED) is 0.756. The van der Waals surface area contributed by atoms with Gasteiger partial charge in [0.15, 0.2) is 0 Å². The molecule has 1 atom stereocenters. The Morgan fingerprint density at radius 1 is 1.33 bits per heavy atom. The average Bonchev–Trinajstić information content (AvgIpc) is 2.39. The van der Waals surface area contributed by atoms with Crippen molar-refractivity contribution in [1.29, 1.82) is 0 Å². The third-order valence-corrected chi connectivity index (χ3v) is 4.78. The second kappa shape index (κ2) is 5.41. The van der Waals surface area contributed by atoms with Crippen LogP contribution in [0, 0.1) is 11.3 Å². The number of carbonyl (C=O) groups is 2. The summed E-state index contributed by atoms with van der Waals surface area (Å²) in [6.07, 6.45) is 7.07. The number of amides is 1. The van der Waals surface area contributed by atoms with E-state index in [-0.39, 0.29) is 11.3 Å². The molecule has 1 aliphatic heterocycles. The van der Waals surface area contributed by atoms with E-state index in [1.807, 2.05) is 11.8 Å². The SMILES string of the molecule is CCC1CN(C(=O)C2(C)CCCCC2)CCC1=O. The van der Waals surface area contributed by atoms with Crippen molar-refractivity contribution in [3.8, 4) is 0 Å². The van der Waals surface area contributed by atoms with Gasteiger partial charge in [-0.3, -0.25) is 9.59 Å². The maximum absolute atomic E-state index is 12.7. The zero-order valence-electron chi connectivity index (χ0n) is 11.7. The van der Waals surface area contributed by atoms with Crippen LogP contribution in [0.4, 0.5) is 0 Å². The average molecular weight is 251 g/mol. The van der Waals surface area contributed by atoms with Crippen molar-refractivity contribution in [1.82, 2.24) is 4.90 Å². The summed E-state index contributed by atoms with van der Waals surface area (Å²) in [7, 11) is 0. The molecule has 0 spiro atoms. The van der Waals surface area contributed by atoms with E-state index in [4.69, 9.17) is 0 Å². The number of Topliss-reactive ketones (excluding diaryl/α,β-unsaturated/α-hetero) is 1. The Bertz CT molecular complexity index is 331. The van der Waals surface area contributed by atoms with Gasteiger partial charge in [-0.1, -0.05) is 33.1 Å². The fourth-order valence-electron chi connectivity index (χ4n) is 3.38. The fourth-order valence-corrected chi connectivity index (χ4v) is 3.38. The minimum Gasteiger partial charge on any atom is -0.341 e. The minimum absolute atomic E-state index is 0.0786. The summed E-state index contributed by atoms with van der Waals surface area (Å²) < 4.78 is 0. The molecular formula is C15H25NO2. The molecule has 1 heterocycles. The second-order valence-corrected chi connectivity index (χ2v) is 6.19. The van der Waals surface area contributed by atoms with Gasteiger partial charge in [0.1, 0.15) is 5.78 Å². The molecule has 0 bridgehead atoms. The molecule has 0 aromatic heterocycles. The van der Waals surface area contributed by atoms with Gasteiger partial charge in [0.25, 0.3) is 0 Å². The lowest BCUT2D eigenvalue weighted by Gasteiger charge is -2.40. The van der Waals surface area contributed by atoms with Crippen LogP contribution in [0.2, 0.25) is 0 Å². The number of piperidine rings is 1. The molecule has 1 aliphatic carbocycles. The van der Waals surface area contributed by atoms with E-state index in [0.29, 0.717) is 31.2 Å². The Balaban J connectivity index is 2.02. The van der Waals surface area contributed by atoms with E-state index in [2.05, 4.69) is 6.92 Å². The summed E-state index contributed by atoms with van der Waals surface area (Å²) in [5, 5.41) is 0. The van der Waals surface area contributed by atoms with E-state index in [9.17, 15) is 9.59 Å². The zero-order valence-corrected chi connectivity index (χ0v) is 11.7. The Morgan fingerprint density at radius 3 is 2.61 bits per heavy atom. The maximum atomic E-state index is 12.7. The summed E-state index contributed by atoms with van der Waals surface area (Å²) in [6, 6.07) is 0. The van der Waals surface area contributed by atoms with Crippen LogP contribution in [0.15, 0.2) is 0 Å². The first-order valence-electron chi connectivity index (χ1n) is 7.39. The summed E-state index contributed by atoms with van der Waals surface area (Å²) in [4.78, 5) is 26.3. The molecule has 0 aromatic carbocycles. The number of nitrogens with zero attached hydrogens (tertiary/aromatic N) is 1. The lowest BCUT2D eigenvalue weighted by atomic mass is 9.74. The summed E-state index contributed by atoms with van der Waals surface area (Å²) in [5.74, 6) is 0.721. The topological polar surface area (TPSA) is 37.4 Å². The summed E-state index contributed by atoms with van der Waals surface area (Å²) in [5.41, 5.74) is -0.156. The van der Waals surface area contributed by atoms with E-state index in [1.165, 1.54) is 19.3 Å². The minimum atomic E-state index is -0.156. The molecule has 102 valence electrons. The molecule has 0 N–H and O–H groups in total. The van der Waals surface area contributed by atoms with Gasteiger partial charge in [0.2, 0.25) is 5.91 Å². The van der Waals surface area contributed by atoms with Crippen molar-refractivity contribution in [2.45, 2.75) is 58.8 Å². The Hall–Kier alpha value is -0.860. The highest BCUT2D eigenvalue weighted by Crippen LogP contribution is 2.38. The first-order valence-corrected chi connectivity index (χ1v) is 7.39. The molecule has 2 rings (SSSR count). The van der Waals surface area contributed by atoms with Gasteiger partial charge in [-0.2, -0.15) is 0 Å². The summed E-state index contributed by atoms with van der Waals surface area (Å²) in [6.45, 7) is 5.46. The molecule has 3 heteroatoms. The standard InChI is InChI=1S/C15H25NO2/c1-3-12-11-16(10-7-13(12)17)14(18)15(2)8-5-4-6-9-15/h12H,3-11H2,1-2H3. The first-order chi connectivity index (χ1) is 8.57. The molecule has 18 heavy (non-hydrogen) atoms. The number of hydrogen-bond acceptors (Lipinski definition) is 2. The van der Waals surface area contributed by atoms with Crippen molar-refractivity contribution in [2.75, 3.05) is 13.1 Å². The normalized spacial score (nSPS) is 28.2. The fraction of sp³-hybridized carbons (Fsp3) is 0.867. The molecule has 1 saturated heterocycles. The van der Waals surface area contributed by atoms with Crippen LogP contribution < -0.4 is 0 Å². The number of ketones is 1. The Labute approximate surface area is 110 Å². The predicted octanol–water partition coefficient (Wildman–Crippen LogP) is 2.78. The van der Waals surface area contributed by atoms with Gasteiger partial charge in [-0.05, 0) is 19.3 Å². The van der Waals surface area contributed by atoms with Gasteiger partial charge in [-0.25, -0.2) is 0 Å². The van der Waals surface area contributed by atoms with Crippen LogP contribution in [0.5, 0.6) is 0 Å². The van der Waals surface area contributed by atoms with Gasteiger partial charge in [-0.15, -0.1) is 0 Å². The third-order valence-electron chi connectivity index (χ3n) is 4.78.